The van der Waals surface area contributed by atoms with E-state index in [1.165, 1.54) is 0 Å². The fourth-order valence-corrected chi connectivity index (χ4v) is 1.79. The summed E-state index contributed by atoms with van der Waals surface area (Å²) in [4.78, 5) is 13.1. The maximum absolute atomic E-state index is 10.9. The number of aromatic nitrogens is 2. The molecule has 0 aliphatic carbocycles. The van der Waals surface area contributed by atoms with Crippen LogP contribution in [0.25, 0.3) is 0 Å². The largest absolute Gasteiger partial charge is 0.476 e. The number of fused-ring (bicyclic) bond motifs is 1. The van der Waals surface area contributed by atoms with Crippen LogP contribution >= 0.6 is 0 Å². The Morgan fingerprint density at radius 2 is 2.13 bits per heavy atom. The number of hydrogen-bond acceptors (Lipinski definition) is 3. The van der Waals surface area contributed by atoms with E-state index in [1.807, 2.05) is 0 Å². The first kappa shape index (κ1) is 10.2. The van der Waals surface area contributed by atoms with Crippen molar-refractivity contribution in [3.05, 3.63) is 17.0 Å². The second-order valence-electron chi connectivity index (χ2n) is 4.86. The van der Waals surface area contributed by atoms with E-state index in [0.29, 0.717) is 6.54 Å². The van der Waals surface area contributed by atoms with Gasteiger partial charge in [-0.05, 0) is 20.8 Å². The van der Waals surface area contributed by atoms with E-state index in [2.05, 4.69) is 35.9 Å². The van der Waals surface area contributed by atoms with Gasteiger partial charge in [-0.15, -0.1) is 0 Å². The molecule has 15 heavy (non-hydrogen) atoms. The first-order valence-electron chi connectivity index (χ1n) is 4.94. The van der Waals surface area contributed by atoms with Crippen molar-refractivity contribution >= 4 is 5.97 Å². The van der Waals surface area contributed by atoms with Crippen molar-refractivity contribution in [2.24, 2.45) is 0 Å². The van der Waals surface area contributed by atoms with E-state index < -0.39 is 5.97 Å². The zero-order valence-corrected chi connectivity index (χ0v) is 9.16. The summed E-state index contributed by atoms with van der Waals surface area (Å²) in [6, 6.07) is 0. The molecule has 0 amide bonds. The number of carbonyl (C=O) groups is 1. The summed E-state index contributed by atoms with van der Waals surface area (Å²) in [5, 5.41) is 15.5. The van der Waals surface area contributed by atoms with Crippen LogP contribution in [-0.2, 0) is 13.1 Å². The van der Waals surface area contributed by atoms with Crippen LogP contribution < -0.4 is 0 Å². The zero-order chi connectivity index (χ0) is 11.2. The highest BCUT2D eigenvalue weighted by Crippen LogP contribution is 2.29. The van der Waals surface area contributed by atoms with Gasteiger partial charge in [-0.25, -0.2) is 4.79 Å². The van der Waals surface area contributed by atoms with Crippen molar-refractivity contribution in [2.75, 3.05) is 0 Å². The third-order valence-corrected chi connectivity index (χ3v) is 2.80. The van der Waals surface area contributed by atoms with Crippen molar-refractivity contribution in [1.82, 2.24) is 15.1 Å². The topological polar surface area (TPSA) is 69.2 Å². The lowest BCUT2D eigenvalue weighted by molar-refractivity contribution is 0.0686. The van der Waals surface area contributed by atoms with Gasteiger partial charge in [-0.2, -0.15) is 5.10 Å². The van der Waals surface area contributed by atoms with Crippen molar-refractivity contribution < 1.29 is 9.90 Å². The first-order chi connectivity index (χ1) is 6.89. The van der Waals surface area contributed by atoms with Gasteiger partial charge in [0.25, 0.3) is 0 Å². The summed E-state index contributed by atoms with van der Waals surface area (Å²) >= 11 is 0. The van der Waals surface area contributed by atoms with Crippen LogP contribution in [-0.4, -0.2) is 31.7 Å². The second-order valence-corrected chi connectivity index (χ2v) is 4.86. The average Bonchev–Trinajstić information content (AvgIpc) is 2.56. The van der Waals surface area contributed by atoms with Gasteiger partial charge in [0.2, 0.25) is 0 Å². The van der Waals surface area contributed by atoms with E-state index in [4.69, 9.17) is 5.11 Å². The average molecular weight is 209 g/mol. The van der Waals surface area contributed by atoms with Crippen molar-refractivity contribution in [3.8, 4) is 0 Å². The van der Waals surface area contributed by atoms with Gasteiger partial charge in [0.1, 0.15) is 0 Å². The summed E-state index contributed by atoms with van der Waals surface area (Å²) in [5.74, 6) is -0.955. The smallest absolute Gasteiger partial charge is 0.356 e. The SMILES string of the molecule is CC(C)(C)N1Cc2[nH]nc(C(=O)O)c2C1. The van der Waals surface area contributed by atoms with E-state index in [0.717, 1.165) is 17.8 Å². The highest BCUT2D eigenvalue weighted by Gasteiger charge is 2.33. The fraction of sp³-hybridized carbons (Fsp3) is 0.600. The third kappa shape index (κ3) is 1.63. The molecule has 0 spiro atoms. The van der Waals surface area contributed by atoms with Gasteiger partial charge in [-0.3, -0.25) is 10.00 Å². The molecule has 1 aliphatic rings. The number of hydrogen-bond donors (Lipinski definition) is 2. The van der Waals surface area contributed by atoms with Crippen LogP contribution in [0, 0.1) is 0 Å². The molecule has 2 heterocycles. The van der Waals surface area contributed by atoms with Crippen molar-refractivity contribution in [1.29, 1.82) is 0 Å². The lowest BCUT2D eigenvalue weighted by Crippen LogP contribution is -2.37. The van der Waals surface area contributed by atoms with Gasteiger partial charge in [0, 0.05) is 24.2 Å². The molecule has 1 aliphatic heterocycles. The van der Waals surface area contributed by atoms with E-state index >= 15 is 0 Å². The maximum Gasteiger partial charge on any atom is 0.356 e. The summed E-state index contributed by atoms with van der Waals surface area (Å²) in [6.45, 7) is 7.77. The lowest BCUT2D eigenvalue weighted by Gasteiger charge is -2.31. The zero-order valence-electron chi connectivity index (χ0n) is 9.16. The van der Waals surface area contributed by atoms with Crippen molar-refractivity contribution in [3.63, 3.8) is 0 Å². The van der Waals surface area contributed by atoms with Gasteiger partial charge < -0.3 is 5.11 Å². The number of rotatable bonds is 1. The number of carboxylic acid groups (broad SMARTS) is 1. The molecule has 82 valence electrons. The first-order valence-corrected chi connectivity index (χ1v) is 4.94. The standard InChI is InChI=1S/C10H15N3O2/c1-10(2,3)13-4-6-7(5-13)11-12-8(6)9(14)15/h4-5H2,1-3H3,(H,11,12)(H,14,15). The molecule has 0 fully saturated rings. The molecule has 2 rings (SSSR count). The van der Waals surface area contributed by atoms with Gasteiger partial charge >= 0.3 is 5.97 Å². The summed E-state index contributed by atoms with van der Waals surface area (Å²) in [6.07, 6.45) is 0. The Hall–Kier alpha value is -1.36. The van der Waals surface area contributed by atoms with E-state index in [9.17, 15) is 4.79 Å². The Bertz CT molecular complexity index is 403. The normalized spacial score (nSPS) is 16.7. The Labute approximate surface area is 88.1 Å². The molecule has 1 aromatic heterocycles. The molecule has 0 radical (unpaired) electrons. The molecule has 0 bridgehead atoms. The van der Waals surface area contributed by atoms with Gasteiger partial charge in [-0.1, -0.05) is 0 Å². The molecule has 5 nitrogen and oxygen atoms in total. The minimum absolute atomic E-state index is 0.0512. The lowest BCUT2D eigenvalue weighted by atomic mass is 10.1. The molecule has 0 atom stereocenters. The summed E-state index contributed by atoms with van der Waals surface area (Å²) < 4.78 is 0. The van der Waals surface area contributed by atoms with E-state index in [-0.39, 0.29) is 11.2 Å². The van der Waals surface area contributed by atoms with Crippen LogP contribution in [0.2, 0.25) is 0 Å². The Balaban J connectivity index is 2.29. The quantitative estimate of drug-likeness (QED) is 0.729. The molecule has 0 saturated carbocycles. The number of carboxylic acids is 1. The second kappa shape index (κ2) is 3.06. The van der Waals surface area contributed by atoms with Gasteiger partial charge in [0.15, 0.2) is 5.69 Å². The number of nitrogens with zero attached hydrogens (tertiary/aromatic N) is 2. The van der Waals surface area contributed by atoms with Crippen molar-refractivity contribution in [2.45, 2.75) is 39.4 Å². The Kier molecular flexibility index (Phi) is 2.08. The van der Waals surface area contributed by atoms with Crippen LogP contribution in [0.1, 0.15) is 42.5 Å². The number of aromatic carboxylic acids is 1. The monoisotopic (exact) mass is 209 g/mol. The predicted molar refractivity (Wildman–Crippen MR) is 54.5 cm³/mol. The molecule has 0 aromatic carbocycles. The molecule has 1 aromatic rings. The highest BCUT2D eigenvalue weighted by atomic mass is 16.4. The van der Waals surface area contributed by atoms with Crippen LogP contribution in [0.15, 0.2) is 0 Å². The molecular formula is C10H15N3O2. The maximum atomic E-state index is 10.9. The number of H-pyrrole nitrogens is 1. The molecule has 5 heteroatoms. The van der Waals surface area contributed by atoms with Crippen LogP contribution in [0.3, 0.4) is 0 Å². The molecule has 0 unspecified atom stereocenters. The van der Waals surface area contributed by atoms with E-state index in [1.54, 1.807) is 0 Å². The summed E-state index contributed by atoms with van der Waals surface area (Å²) in [5.41, 5.74) is 1.98. The Morgan fingerprint density at radius 1 is 1.47 bits per heavy atom. The molecule has 2 N–H and O–H groups in total. The van der Waals surface area contributed by atoms with Crippen LogP contribution in [0.4, 0.5) is 0 Å². The summed E-state index contributed by atoms with van der Waals surface area (Å²) in [7, 11) is 0. The predicted octanol–water partition coefficient (Wildman–Crippen LogP) is 1.22. The minimum Gasteiger partial charge on any atom is -0.476 e. The molecular weight excluding hydrogens is 194 g/mol. The minimum atomic E-state index is -0.955. The highest BCUT2D eigenvalue weighted by molar-refractivity contribution is 5.87. The molecule has 0 saturated heterocycles. The van der Waals surface area contributed by atoms with Gasteiger partial charge in [0.05, 0.1) is 5.69 Å². The number of nitrogens with one attached hydrogen (secondary N) is 1. The third-order valence-electron chi connectivity index (χ3n) is 2.80. The van der Waals surface area contributed by atoms with Crippen LogP contribution in [0.5, 0.6) is 0 Å². The Morgan fingerprint density at radius 3 is 2.67 bits per heavy atom. The fourth-order valence-electron chi connectivity index (χ4n) is 1.79. The number of aromatic amines is 1.